The highest BCUT2D eigenvalue weighted by Gasteiger charge is 2.38. The van der Waals surface area contributed by atoms with E-state index in [0.29, 0.717) is 0 Å². The summed E-state index contributed by atoms with van der Waals surface area (Å²) in [5, 5.41) is 4.93. The Kier molecular flexibility index (Phi) is 8.76. The quantitative estimate of drug-likeness (QED) is 0.135. The van der Waals surface area contributed by atoms with Crippen LogP contribution in [0.2, 0.25) is 0 Å². The second-order valence-electron chi connectivity index (χ2n) is 16.5. The fourth-order valence-corrected chi connectivity index (χ4v) is 10.2. The average molecular weight is 803 g/mol. The molecule has 0 aliphatic rings. The van der Waals surface area contributed by atoms with Gasteiger partial charge < -0.3 is 9.13 Å². The van der Waals surface area contributed by atoms with Crippen LogP contribution in [-0.4, -0.2) is 9.13 Å². The first-order chi connectivity index (χ1) is 31.3. The highest BCUT2D eigenvalue weighted by Crippen LogP contribution is 2.47. The molecule has 2 aromatic heterocycles. The standard InChI is InChI=1S/C61H42N2/c1-6-19-43(20-7-1)44-21-18-30-52(39-44)63-59-38-34-46(45-33-37-58-55(40-45)53-31-16-17-32-57(53)62(58)51-28-14-5-15-29-51)41-56(59)54-36-35-50(42-60(54)63)61(47-22-8-2-9-23-47,48-24-10-3-11-25-48)49-26-12-4-13-27-49/h1-42H. The predicted octanol–water partition coefficient (Wildman–Crippen LogP) is 15.6. The summed E-state index contributed by atoms with van der Waals surface area (Å²) >= 11 is 0. The Morgan fingerprint density at radius 2 is 0.651 bits per heavy atom. The van der Waals surface area contributed by atoms with Crippen LogP contribution in [0.25, 0.3) is 77.2 Å². The Labute approximate surface area is 367 Å². The molecule has 0 unspecified atom stereocenters. The van der Waals surface area contributed by atoms with Crippen LogP contribution in [0.1, 0.15) is 22.3 Å². The van der Waals surface area contributed by atoms with E-state index in [4.69, 9.17) is 0 Å². The van der Waals surface area contributed by atoms with Gasteiger partial charge in [0.25, 0.3) is 0 Å². The van der Waals surface area contributed by atoms with E-state index < -0.39 is 5.41 Å². The lowest BCUT2D eigenvalue weighted by molar-refractivity contribution is 0.746. The molecule has 0 N–H and O–H groups in total. The van der Waals surface area contributed by atoms with Gasteiger partial charge >= 0.3 is 0 Å². The molecular formula is C61H42N2. The topological polar surface area (TPSA) is 9.86 Å². The van der Waals surface area contributed by atoms with Crippen LogP contribution in [0.4, 0.5) is 0 Å². The Morgan fingerprint density at radius 3 is 1.24 bits per heavy atom. The minimum atomic E-state index is -0.579. The average Bonchev–Trinajstić information content (AvgIpc) is 3.88. The SMILES string of the molecule is c1ccc(-c2cccc(-n3c4ccc(-c5ccc6c(c5)c5ccccc5n6-c5ccccc5)cc4c4ccc(C(c5ccccc5)(c5ccccc5)c5ccccc5)cc43)c2)cc1. The summed E-state index contributed by atoms with van der Waals surface area (Å²) in [6.45, 7) is 0. The molecule has 2 heteroatoms. The summed E-state index contributed by atoms with van der Waals surface area (Å²) in [7, 11) is 0. The van der Waals surface area contributed by atoms with E-state index in [2.05, 4.69) is 264 Å². The first kappa shape index (κ1) is 36.6. The van der Waals surface area contributed by atoms with Crippen molar-refractivity contribution in [1.29, 1.82) is 0 Å². The summed E-state index contributed by atoms with van der Waals surface area (Å²) in [6, 6.07) is 93.4. The summed E-state index contributed by atoms with van der Waals surface area (Å²) in [5.41, 5.74) is 16.1. The lowest BCUT2D eigenvalue weighted by Gasteiger charge is -2.37. The molecule has 2 heterocycles. The van der Waals surface area contributed by atoms with Crippen molar-refractivity contribution in [2.75, 3.05) is 0 Å². The van der Waals surface area contributed by atoms with Crippen molar-refractivity contribution in [2.45, 2.75) is 5.41 Å². The molecule has 0 bridgehead atoms. The summed E-state index contributed by atoms with van der Waals surface area (Å²) in [6.07, 6.45) is 0. The molecule has 2 nitrogen and oxygen atoms in total. The number of hydrogen-bond acceptors (Lipinski definition) is 0. The van der Waals surface area contributed by atoms with Gasteiger partial charge in [0.2, 0.25) is 0 Å². The molecule has 0 aliphatic carbocycles. The highest BCUT2D eigenvalue weighted by atomic mass is 15.0. The van der Waals surface area contributed by atoms with Gasteiger partial charge in [0.15, 0.2) is 0 Å². The molecule has 296 valence electrons. The van der Waals surface area contributed by atoms with Crippen molar-refractivity contribution < 1.29 is 0 Å². The van der Waals surface area contributed by atoms with Gasteiger partial charge in [-0.3, -0.25) is 0 Å². The third-order valence-electron chi connectivity index (χ3n) is 13.1. The lowest BCUT2D eigenvalue weighted by Crippen LogP contribution is -2.31. The van der Waals surface area contributed by atoms with Gasteiger partial charge in [-0.2, -0.15) is 0 Å². The second kappa shape index (κ2) is 15.1. The number of nitrogens with zero attached hydrogens (tertiary/aromatic N) is 2. The number of benzene rings is 10. The Balaban J connectivity index is 1.12. The Bertz CT molecular complexity index is 3490. The van der Waals surface area contributed by atoms with Crippen LogP contribution in [0, 0.1) is 0 Å². The zero-order chi connectivity index (χ0) is 41.7. The van der Waals surface area contributed by atoms with E-state index in [1.54, 1.807) is 0 Å². The molecule has 12 aromatic rings. The molecule has 0 aliphatic heterocycles. The molecule has 12 rings (SSSR count). The molecule has 0 amide bonds. The van der Waals surface area contributed by atoms with E-state index in [1.807, 2.05) is 0 Å². The third kappa shape index (κ3) is 5.95. The molecule has 0 spiro atoms. The molecule has 10 aromatic carbocycles. The zero-order valence-electron chi connectivity index (χ0n) is 34.6. The molecule has 63 heavy (non-hydrogen) atoms. The molecular weight excluding hydrogens is 761 g/mol. The van der Waals surface area contributed by atoms with Crippen LogP contribution < -0.4 is 0 Å². The van der Waals surface area contributed by atoms with Gasteiger partial charge in [-0.05, 0) is 105 Å². The molecule has 0 fully saturated rings. The normalized spacial score (nSPS) is 11.8. The van der Waals surface area contributed by atoms with Crippen LogP contribution in [-0.2, 0) is 5.41 Å². The van der Waals surface area contributed by atoms with Crippen LogP contribution in [0.3, 0.4) is 0 Å². The molecule has 0 atom stereocenters. The first-order valence-corrected chi connectivity index (χ1v) is 21.8. The molecule has 0 radical (unpaired) electrons. The fourth-order valence-electron chi connectivity index (χ4n) is 10.2. The summed E-state index contributed by atoms with van der Waals surface area (Å²) < 4.78 is 4.86. The van der Waals surface area contributed by atoms with Crippen molar-refractivity contribution in [2.24, 2.45) is 0 Å². The van der Waals surface area contributed by atoms with E-state index in [0.717, 1.165) is 11.4 Å². The van der Waals surface area contributed by atoms with Crippen LogP contribution in [0.15, 0.2) is 255 Å². The molecule has 0 saturated heterocycles. The highest BCUT2D eigenvalue weighted by molar-refractivity contribution is 6.13. The van der Waals surface area contributed by atoms with Crippen molar-refractivity contribution in [3.63, 3.8) is 0 Å². The number of fused-ring (bicyclic) bond motifs is 6. The van der Waals surface area contributed by atoms with Crippen molar-refractivity contribution in [3.8, 4) is 33.6 Å². The number of hydrogen-bond donors (Lipinski definition) is 0. The largest absolute Gasteiger partial charge is 0.309 e. The van der Waals surface area contributed by atoms with Crippen molar-refractivity contribution in [1.82, 2.24) is 9.13 Å². The van der Waals surface area contributed by atoms with Gasteiger partial charge in [-0.1, -0.05) is 194 Å². The maximum Gasteiger partial charge on any atom is 0.0702 e. The van der Waals surface area contributed by atoms with Gasteiger partial charge in [-0.15, -0.1) is 0 Å². The monoisotopic (exact) mass is 802 g/mol. The van der Waals surface area contributed by atoms with E-state index >= 15 is 0 Å². The zero-order valence-corrected chi connectivity index (χ0v) is 34.6. The smallest absolute Gasteiger partial charge is 0.0702 e. The summed E-state index contributed by atoms with van der Waals surface area (Å²) in [5.74, 6) is 0. The predicted molar refractivity (Wildman–Crippen MR) is 264 cm³/mol. The minimum absolute atomic E-state index is 0.579. The first-order valence-electron chi connectivity index (χ1n) is 21.8. The maximum absolute atomic E-state index is 2.48. The van der Waals surface area contributed by atoms with Gasteiger partial charge in [0.1, 0.15) is 0 Å². The third-order valence-corrected chi connectivity index (χ3v) is 13.1. The van der Waals surface area contributed by atoms with Crippen LogP contribution in [0.5, 0.6) is 0 Å². The van der Waals surface area contributed by atoms with E-state index in [1.165, 1.54) is 88.1 Å². The Morgan fingerprint density at radius 1 is 0.222 bits per heavy atom. The van der Waals surface area contributed by atoms with Gasteiger partial charge in [-0.25, -0.2) is 0 Å². The number of para-hydroxylation sites is 2. The second-order valence-corrected chi connectivity index (χ2v) is 16.5. The fraction of sp³-hybridized carbons (Fsp3) is 0.0164. The lowest BCUT2D eigenvalue weighted by atomic mass is 9.65. The number of aromatic nitrogens is 2. The van der Waals surface area contributed by atoms with Crippen molar-refractivity contribution >= 4 is 43.6 Å². The number of rotatable bonds is 8. The van der Waals surface area contributed by atoms with Gasteiger partial charge in [0.05, 0.1) is 27.5 Å². The van der Waals surface area contributed by atoms with Gasteiger partial charge in [0, 0.05) is 32.9 Å². The minimum Gasteiger partial charge on any atom is -0.309 e. The van der Waals surface area contributed by atoms with E-state index in [-0.39, 0.29) is 0 Å². The van der Waals surface area contributed by atoms with Crippen LogP contribution >= 0.6 is 0 Å². The molecule has 0 saturated carbocycles. The summed E-state index contributed by atoms with van der Waals surface area (Å²) in [4.78, 5) is 0. The van der Waals surface area contributed by atoms with E-state index in [9.17, 15) is 0 Å². The van der Waals surface area contributed by atoms with Crippen molar-refractivity contribution in [3.05, 3.63) is 277 Å². The Hall–Kier alpha value is -8.20. The maximum atomic E-state index is 2.48.